The quantitative estimate of drug-likeness (QED) is 0.765. The predicted octanol–water partition coefficient (Wildman–Crippen LogP) is 4.05. The van der Waals surface area contributed by atoms with E-state index >= 15 is 0 Å². The van der Waals surface area contributed by atoms with Crippen LogP contribution in [0.1, 0.15) is 25.6 Å². The van der Waals surface area contributed by atoms with E-state index in [-0.39, 0.29) is 5.54 Å². The number of fused-ring (bicyclic) bond motifs is 1. The maximum absolute atomic E-state index is 5.98. The number of hydrogen-bond acceptors (Lipinski definition) is 1. The predicted molar refractivity (Wildman–Crippen MR) is 69.9 cm³/mol. The zero-order valence-electron chi connectivity index (χ0n) is 9.00. The Balaban J connectivity index is 2.31. The first-order valence-electron chi connectivity index (χ1n) is 5.37. The van der Waals surface area contributed by atoms with Crippen LogP contribution in [0, 0.1) is 0 Å². The zero-order chi connectivity index (χ0) is 11.3. The number of aromatic nitrogens is 2. The monoisotopic (exact) mass is 298 g/mol. The van der Waals surface area contributed by atoms with Crippen molar-refractivity contribution in [2.45, 2.75) is 31.2 Å². The Kier molecular flexibility index (Phi) is 2.30. The minimum absolute atomic E-state index is 0.243. The summed E-state index contributed by atoms with van der Waals surface area (Å²) < 4.78 is 3.37. The van der Waals surface area contributed by atoms with E-state index in [0.29, 0.717) is 5.88 Å². The van der Waals surface area contributed by atoms with Crippen LogP contribution < -0.4 is 0 Å². The summed E-state index contributed by atoms with van der Waals surface area (Å²) in [6, 6.07) is 6.23. The van der Waals surface area contributed by atoms with Crippen LogP contribution in [0.5, 0.6) is 0 Å². The molecule has 1 saturated carbocycles. The molecule has 2 aromatic rings. The average molecular weight is 300 g/mol. The van der Waals surface area contributed by atoms with E-state index in [1.807, 2.05) is 6.07 Å². The van der Waals surface area contributed by atoms with Gasteiger partial charge in [-0.25, -0.2) is 4.98 Å². The van der Waals surface area contributed by atoms with E-state index in [4.69, 9.17) is 11.6 Å². The molecule has 1 aliphatic carbocycles. The number of imidazole rings is 1. The van der Waals surface area contributed by atoms with E-state index in [1.54, 1.807) is 0 Å². The lowest BCUT2D eigenvalue weighted by Gasteiger charge is -2.14. The lowest BCUT2D eigenvalue weighted by molar-refractivity contribution is 0.531. The number of hydrogen-bond donors (Lipinski definition) is 0. The normalized spacial score (nSPS) is 17.9. The Labute approximate surface area is 108 Å². The standard InChI is InChI=1S/C12H12BrClN2/c1-12(4-5-12)16-10-3-2-8(13)6-9(10)15-11(16)7-14/h2-3,6H,4-5,7H2,1H3. The molecule has 0 saturated heterocycles. The lowest BCUT2D eigenvalue weighted by Crippen LogP contribution is -2.14. The highest BCUT2D eigenvalue weighted by molar-refractivity contribution is 9.10. The highest BCUT2D eigenvalue weighted by Gasteiger charge is 2.41. The first-order chi connectivity index (χ1) is 7.64. The van der Waals surface area contributed by atoms with Gasteiger partial charge in [0.15, 0.2) is 0 Å². The Hall–Kier alpha value is -0.540. The Bertz CT molecular complexity index is 557. The molecule has 4 heteroatoms. The molecule has 1 aromatic carbocycles. The Morgan fingerprint density at radius 2 is 2.25 bits per heavy atom. The molecule has 0 N–H and O–H groups in total. The van der Waals surface area contributed by atoms with Gasteiger partial charge in [-0.2, -0.15) is 0 Å². The molecule has 1 heterocycles. The van der Waals surface area contributed by atoms with Gasteiger partial charge in [-0.05, 0) is 38.0 Å². The van der Waals surface area contributed by atoms with Crippen LogP contribution in [0.15, 0.2) is 22.7 Å². The molecule has 1 fully saturated rings. The molecule has 0 spiro atoms. The van der Waals surface area contributed by atoms with E-state index in [2.05, 4.69) is 44.5 Å². The lowest BCUT2D eigenvalue weighted by atomic mass is 10.2. The summed E-state index contributed by atoms with van der Waals surface area (Å²) in [7, 11) is 0. The van der Waals surface area contributed by atoms with Gasteiger partial charge in [0.2, 0.25) is 0 Å². The van der Waals surface area contributed by atoms with Gasteiger partial charge < -0.3 is 4.57 Å². The Morgan fingerprint density at radius 3 is 2.88 bits per heavy atom. The van der Waals surface area contributed by atoms with Crippen molar-refractivity contribution in [3.63, 3.8) is 0 Å². The van der Waals surface area contributed by atoms with Crippen LogP contribution in [0.4, 0.5) is 0 Å². The van der Waals surface area contributed by atoms with Gasteiger partial charge in [-0.1, -0.05) is 15.9 Å². The second kappa shape index (κ2) is 3.47. The molecule has 0 atom stereocenters. The van der Waals surface area contributed by atoms with Crippen LogP contribution in [0.3, 0.4) is 0 Å². The van der Waals surface area contributed by atoms with Crippen LogP contribution >= 0.6 is 27.5 Å². The molecule has 0 amide bonds. The summed E-state index contributed by atoms with van der Waals surface area (Å²) in [5.74, 6) is 1.46. The molecule has 2 nitrogen and oxygen atoms in total. The Morgan fingerprint density at radius 1 is 1.50 bits per heavy atom. The fourth-order valence-electron chi connectivity index (χ4n) is 2.20. The molecule has 84 valence electrons. The summed E-state index contributed by atoms with van der Waals surface area (Å²) in [4.78, 5) is 4.60. The van der Waals surface area contributed by atoms with E-state index in [9.17, 15) is 0 Å². The molecule has 0 radical (unpaired) electrons. The van der Waals surface area contributed by atoms with Crippen molar-refractivity contribution in [1.82, 2.24) is 9.55 Å². The van der Waals surface area contributed by atoms with Crippen molar-refractivity contribution in [2.75, 3.05) is 0 Å². The number of nitrogens with zero attached hydrogens (tertiary/aromatic N) is 2. The van der Waals surface area contributed by atoms with Crippen molar-refractivity contribution >= 4 is 38.6 Å². The third kappa shape index (κ3) is 1.49. The van der Waals surface area contributed by atoms with Crippen molar-refractivity contribution in [2.24, 2.45) is 0 Å². The molecule has 0 aliphatic heterocycles. The maximum atomic E-state index is 5.98. The number of benzene rings is 1. The topological polar surface area (TPSA) is 17.8 Å². The van der Waals surface area contributed by atoms with Gasteiger partial charge in [0, 0.05) is 10.0 Å². The van der Waals surface area contributed by atoms with Crippen LogP contribution in [-0.2, 0) is 11.4 Å². The highest BCUT2D eigenvalue weighted by Crippen LogP contribution is 2.45. The van der Waals surface area contributed by atoms with Crippen LogP contribution in [0.2, 0.25) is 0 Å². The van der Waals surface area contributed by atoms with Crippen molar-refractivity contribution in [1.29, 1.82) is 0 Å². The average Bonchev–Trinajstić information content (AvgIpc) is 2.89. The zero-order valence-corrected chi connectivity index (χ0v) is 11.3. The number of halogens is 2. The molecule has 1 aliphatic rings. The van der Waals surface area contributed by atoms with E-state index in [1.165, 1.54) is 18.4 Å². The second-order valence-corrected chi connectivity index (χ2v) is 5.81. The molecular formula is C12H12BrClN2. The SMILES string of the molecule is CC1(n2c(CCl)nc3cc(Br)ccc32)CC1. The van der Waals surface area contributed by atoms with Gasteiger partial charge in [0.05, 0.1) is 16.9 Å². The summed E-state index contributed by atoms with van der Waals surface area (Å²) >= 11 is 9.45. The van der Waals surface area contributed by atoms with Crippen LogP contribution in [-0.4, -0.2) is 9.55 Å². The van der Waals surface area contributed by atoms with E-state index in [0.717, 1.165) is 15.8 Å². The smallest absolute Gasteiger partial charge is 0.125 e. The first-order valence-corrected chi connectivity index (χ1v) is 6.70. The summed E-state index contributed by atoms with van der Waals surface area (Å²) in [5.41, 5.74) is 2.46. The molecular weight excluding hydrogens is 288 g/mol. The molecule has 3 rings (SSSR count). The molecule has 1 aromatic heterocycles. The van der Waals surface area contributed by atoms with Gasteiger partial charge in [-0.3, -0.25) is 0 Å². The maximum Gasteiger partial charge on any atom is 0.125 e. The van der Waals surface area contributed by atoms with Crippen molar-refractivity contribution < 1.29 is 0 Å². The first kappa shape index (κ1) is 10.6. The highest BCUT2D eigenvalue weighted by atomic mass is 79.9. The fraction of sp³-hybridized carbons (Fsp3) is 0.417. The van der Waals surface area contributed by atoms with Crippen molar-refractivity contribution in [3.05, 3.63) is 28.5 Å². The third-order valence-corrected chi connectivity index (χ3v) is 4.05. The molecule has 16 heavy (non-hydrogen) atoms. The summed E-state index contributed by atoms with van der Waals surface area (Å²) in [6.45, 7) is 2.27. The van der Waals surface area contributed by atoms with E-state index < -0.39 is 0 Å². The molecule has 0 unspecified atom stereocenters. The fourth-order valence-corrected chi connectivity index (χ4v) is 2.73. The minimum atomic E-state index is 0.243. The number of rotatable bonds is 2. The van der Waals surface area contributed by atoms with Gasteiger partial charge in [0.25, 0.3) is 0 Å². The summed E-state index contributed by atoms with van der Waals surface area (Å²) in [6.07, 6.45) is 2.44. The van der Waals surface area contributed by atoms with Gasteiger partial charge >= 0.3 is 0 Å². The van der Waals surface area contributed by atoms with Gasteiger partial charge in [0.1, 0.15) is 5.82 Å². The van der Waals surface area contributed by atoms with Crippen LogP contribution in [0.25, 0.3) is 11.0 Å². The second-order valence-electron chi connectivity index (χ2n) is 4.63. The third-order valence-electron chi connectivity index (χ3n) is 3.32. The molecule has 0 bridgehead atoms. The minimum Gasteiger partial charge on any atom is -0.321 e. The van der Waals surface area contributed by atoms with Gasteiger partial charge in [-0.15, -0.1) is 11.6 Å². The van der Waals surface area contributed by atoms with Crippen molar-refractivity contribution in [3.8, 4) is 0 Å². The summed E-state index contributed by atoms with van der Waals surface area (Å²) in [5, 5.41) is 0. The number of alkyl halides is 1. The largest absolute Gasteiger partial charge is 0.321 e.